The van der Waals surface area contributed by atoms with Gasteiger partial charge in [0.2, 0.25) is 10.0 Å². The maximum absolute atomic E-state index is 13.0. The number of piperidine rings is 1. The molecule has 0 radical (unpaired) electrons. The molecule has 2 aromatic rings. The first kappa shape index (κ1) is 21.3. The topological polar surface area (TPSA) is 66.9 Å². The summed E-state index contributed by atoms with van der Waals surface area (Å²) in [6, 6.07) is 10.3. The lowest BCUT2D eigenvalue weighted by Crippen LogP contribution is -2.35. The van der Waals surface area contributed by atoms with Gasteiger partial charge in [0.05, 0.1) is 4.90 Å². The van der Waals surface area contributed by atoms with E-state index in [-0.39, 0.29) is 23.2 Å². The third kappa shape index (κ3) is 4.94. The summed E-state index contributed by atoms with van der Waals surface area (Å²) in [7, 11) is -1.93. The van der Waals surface area contributed by atoms with Crippen LogP contribution >= 0.6 is 0 Å². The fourth-order valence-electron chi connectivity index (χ4n) is 3.24. The van der Waals surface area contributed by atoms with E-state index in [0.717, 1.165) is 19.3 Å². The van der Waals surface area contributed by atoms with Crippen molar-refractivity contribution in [3.63, 3.8) is 0 Å². The number of carbonyl (C=O) groups excluding carboxylic acids is 1. The molecule has 156 valence electrons. The van der Waals surface area contributed by atoms with Crippen molar-refractivity contribution in [2.24, 2.45) is 0 Å². The van der Waals surface area contributed by atoms with Crippen LogP contribution in [0.1, 0.15) is 24.8 Å². The Labute approximate surface area is 170 Å². The van der Waals surface area contributed by atoms with Crippen LogP contribution in [0.2, 0.25) is 0 Å². The molecule has 3 rings (SSSR count). The highest BCUT2D eigenvalue weighted by atomic mass is 32.2. The highest BCUT2D eigenvalue weighted by molar-refractivity contribution is 7.89. The molecule has 0 bridgehead atoms. The number of nitrogens with zero attached hydrogens (tertiary/aromatic N) is 2. The van der Waals surface area contributed by atoms with Gasteiger partial charge in [-0.1, -0.05) is 6.42 Å². The molecule has 8 heteroatoms. The van der Waals surface area contributed by atoms with E-state index in [1.165, 1.54) is 39.5 Å². The van der Waals surface area contributed by atoms with E-state index < -0.39 is 10.0 Å². The zero-order valence-electron chi connectivity index (χ0n) is 16.6. The van der Waals surface area contributed by atoms with E-state index in [9.17, 15) is 17.6 Å². The van der Waals surface area contributed by atoms with Crippen LogP contribution in [0.5, 0.6) is 5.75 Å². The molecule has 0 spiro atoms. The SMILES string of the molecule is Cc1cc(S(=O)(=O)N2CCCCC2)ccc1OCC(=O)N(C)c1ccc(F)cc1. The average molecular weight is 421 g/mol. The van der Waals surface area contributed by atoms with E-state index in [2.05, 4.69) is 0 Å². The van der Waals surface area contributed by atoms with Gasteiger partial charge in [-0.3, -0.25) is 4.79 Å². The number of likely N-dealkylation sites (N-methyl/N-ethyl adjacent to an activating group) is 1. The van der Waals surface area contributed by atoms with Gasteiger partial charge in [0.15, 0.2) is 6.61 Å². The van der Waals surface area contributed by atoms with Crippen LogP contribution in [-0.4, -0.2) is 45.4 Å². The van der Waals surface area contributed by atoms with Crippen molar-refractivity contribution in [2.45, 2.75) is 31.1 Å². The third-order valence-electron chi connectivity index (χ3n) is 5.04. The molecule has 1 heterocycles. The maximum atomic E-state index is 13.0. The molecule has 0 saturated carbocycles. The van der Waals surface area contributed by atoms with Crippen LogP contribution in [0.4, 0.5) is 10.1 Å². The Kier molecular flexibility index (Phi) is 6.54. The Bertz CT molecular complexity index is 971. The number of sulfonamides is 1. The highest BCUT2D eigenvalue weighted by Crippen LogP contribution is 2.26. The van der Waals surface area contributed by atoms with Crippen molar-refractivity contribution in [3.8, 4) is 5.75 Å². The Morgan fingerprint density at radius 3 is 2.38 bits per heavy atom. The van der Waals surface area contributed by atoms with Crippen LogP contribution in [0.25, 0.3) is 0 Å². The number of benzene rings is 2. The minimum absolute atomic E-state index is 0.215. The lowest BCUT2D eigenvalue weighted by Gasteiger charge is -2.26. The van der Waals surface area contributed by atoms with Crippen LogP contribution < -0.4 is 9.64 Å². The van der Waals surface area contributed by atoms with E-state index in [1.54, 1.807) is 26.1 Å². The lowest BCUT2D eigenvalue weighted by molar-refractivity contribution is -0.120. The number of halogens is 1. The number of carbonyl (C=O) groups is 1. The second kappa shape index (κ2) is 8.92. The van der Waals surface area contributed by atoms with Crippen molar-refractivity contribution in [2.75, 3.05) is 31.6 Å². The Morgan fingerprint density at radius 1 is 1.10 bits per heavy atom. The van der Waals surface area contributed by atoms with Gasteiger partial charge in [-0.15, -0.1) is 0 Å². The molecular weight excluding hydrogens is 395 g/mol. The fourth-order valence-corrected chi connectivity index (χ4v) is 4.85. The van der Waals surface area contributed by atoms with Gasteiger partial charge in [0.1, 0.15) is 11.6 Å². The van der Waals surface area contributed by atoms with Crippen molar-refractivity contribution in [1.29, 1.82) is 0 Å². The van der Waals surface area contributed by atoms with Gasteiger partial charge in [0, 0.05) is 25.8 Å². The monoisotopic (exact) mass is 420 g/mol. The average Bonchev–Trinajstić information content (AvgIpc) is 2.73. The summed E-state index contributed by atoms with van der Waals surface area (Å²) in [6.45, 7) is 2.62. The lowest BCUT2D eigenvalue weighted by atomic mass is 10.2. The van der Waals surface area contributed by atoms with E-state index in [4.69, 9.17) is 4.74 Å². The molecular formula is C21H25FN2O4S. The van der Waals surface area contributed by atoms with Gasteiger partial charge in [-0.05, 0) is 67.8 Å². The smallest absolute Gasteiger partial charge is 0.264 e. The molecule has 1 amide bonds. The molecule has 0 atom stereocenters. The molecule has 2 aromatic carbocycles. The minimum atomic E-state index is -3.51. The van der Waals surface area contributed by atoms with Gasteiger partial charge in [-0.25, -0.2) is 12.8 Å². The predicted octanol–water partition coefficient (Wildman–Crippen LogP) is 3.35. The summed E-state index contributed by atoms with van der Waals surface area (Å²) in [6.07, 6.45) is 2.81. The van der Waals surface area contributed by atoms with Crippen molar-refractivity contribution in [1.82, 2.24) is 4.31 Å². The van der Waals surface area contributed by atoms with Crippen LogP contribution in [0.15, 0.2) is 47.4 Å². The van der Waals surface area contributed by atoms with Crippen molar-refractivity contribution in [3.05, 3.63) is 53.8 Å². The van der Waals surface area contributed by atoms with E-state index >= 15 is 0 Å². The van der Waals surface area contributed by atoms with Crippen LogP contribution in [0.3, 0.4) is 0 Å². The van der Waals surface area contributed by atoms with E-state index in [1.807, 2.05) is 0 Å². The number of anilines is 1. The molecule has 0 aliphatic carbocycles. The minimum Gasteiger partial charge on any atom is -0.483 e. The van der Waals surface area contributed by atoms with Gasteiger partial charge in [-0.2, -0.15) is 4.31 Å². The maximum Gasteiger partial charge on any atom is 0.264 e. The predicted molar refractivity (Wildman–Crippen MR) is 109 cm³/mol. The number of ether oxygens (including phenoxy) is 1. The van der Waals surface area contributed by atoms with Gasteiger partial charge >= 0.3 is 0 Å². The number of rotatable bonds is 6. The van der Waals surface area contributed by atoms with Gasteiger partial charge < -0.3 is 9.64 Å². The second-order valence-electron chi connectivity index (χ2n) is 7.11. The Hall–Kier alpha value is -2.45. The van der Waals surface area contributed by atoms with Gasteiger partial charge in [0.25, 0.3) is 5.91 Å². The number of amides is 1. The molecule has 0 unspecified atom stereocenters. The summed E-state index contributed by atoms with van der Waals surface area (Å²) >= 11 is 0. The fraction of sp³-hybridized carbons (Fsp3) is 0.381. The largest absolute Gasteiger partial charge is 0.483 e. The summed E-state index contributed by atoms with van der Waals surface area (Å²) in [4.78, 5) is 14.0. The quantitative estimate of drug-likeness (QED) is 0.719. The normalized spacial score (nSPS) is 15.1. The van der Waals surface area contributed by atoms with Crippen molar-refractivity contribution >= 4 is 21.6 Å². The summed E-state index contributed by atoms with van der Waals surface area (Å²) in [5.74, 6) is -0.231. The molecule has 1 fully saturated rings. The number of hydrogen-bond donors (Lipinski definition) is 0. The zero-order valence-corrected chi connectivity index (χ0v) is 17.4. The first-order valence-electron chi connectivity index (χ1n) is 9.55. The summed E-state index contributed by atoms with van der Waals surface area (Å²) < 4.78 is 45.7. The summed E-state index contributed by atoms with van der Waals surface area (Å²) in [5.41, 5.74) is 1.19. The Morgan fingerprint density at radius 2 is 1.76 bits per heavy atom. The zero-order chi connectivity index (χ0) is 21.0. The first-order chi connectivity index (χ1) is 13.8. The van der Waals surface area contributed by atoms with E-state index in [0.29, 0.717) is 30.1 Å². The molecule has 1 saturated heterocycles. The number of aryl methyl sites for hydroxylation is 1. The molecule has 0 N–H and O–H groups in total. The molecule has 29 heavy (non-hydrogen) atoms. The summed E-state index contributed by atoms with van der Waals surface area (Å²) in [5, 5.41) is 0. The molecule has 1 aliphatic rings. The van der Waals surface area contributed by atoms with Crippen molar-refractivity contribution < 1.29 is 22.3 Å². The third-order valence-corrected chi connectivity index (χ3v) is 6.93. The first-order valence-corrected chi connectivity index (χ1v) is 11.0. The standard InChI is InChI=1S/C21H25FN2O4S/c1-16-14-19(29(26,27)24-12-4-3-5-13-24)10-11-20(16)28-15-21(25)23(2)18-8-6-17(22)7-9-18/h6-11,14H,3-5,12-13,15H2,1-2H3. The second-order valence-corrected chi connectivity index (χ2v) is 9.05. The number of hydrogen-bond acceptors (Lipinski definition) is 4. The van der Waals surface area contributed by atoms with Crippen LogP contribution in [-0.2, 0) is 14.8 Å². The Balaban J connectivity index is 1.66. The van der Waals surface area contributed by atoms with Crippen LogP contribution in [0, 0.1) is 12.7 Å². The molecule has 6 nitrogen and oxygen atoms in total. The highest BCUT2D eigenvalue weighted by Gasteiger charge is 2.26. The molecule has 0 aromatic heterocycles. The molecule has 1 aliphatic heterocycles.